The van der Waals surface area contributed by atoms with Crippen LogP contribution in [0.25, 0.3) is 11.1 Å². The van der Waals surface area contributed by atoms with Gasteiger partial charge in [0.1, 0.15) is 41.7 Å². The van der Waals surface area contributed by atoms with Crippen LogP contribution >= 0.6 is 0 Å². The second-order valence-electron chi connectivity index (χ2n) is 17.4. The number of hydrogen-bond donors (Lipinski definition) is 7. The molecule has 0 aliphatic carbocycles. The van der Waals surface area contributed by atoms with E-state index in [1.165, 1.54) is 134 Å². The average molecular weight is 908 g/mol. The molecule has 2 aromatic rings. The second-order valence-corrected chi connectivity index (χ2v) is 17.4. The number of hydrogen-bond acceptors (Lipinski definition) is 10. The summed E-state index contributed by atoms with van der Waals surface area (Å²) in [6.07, 6.45) is 15.4. The number of nitrogens with one attached hydrogen (secondary N) is 4. The van der Waals surface area contributed by atoms with Crippen molar-refractivity contribution < 1.29 is 48.9 Å². The fraction of sp³-hybridized carbons (Fsp3) is 0.604. The maximum atomic E-state index is 14.0. The minimum atomic E-state index is -1.43. The molecule has 5 atom stereocenters. The van der Waals surface area contributed by atoms with E-state index >= 15 is 0 Å². The number of fused-ring (bicyclic) bond motifs is 5. The monoisotopic (exact) mass is 908 g/mol. The van der Waals surface area contributed by atoms with Crippen molar-refractivity contribution in [2.24, 2.45) is 0 Å². The second kappa shape index (κ2) is 26.9. The quantitative estimate of drug-likeness (QED) is 0.0796. The Bertz CT molecular complexity index is 1940. The first-order valence-corrected chi connectivity index (χ1v) is 23.1. The maximum absolute atomic E-state index is 14.0. The van der Waals surface area contributed by atoms with E-state index in [4.69, 9.17) is 0 Å². The van der Waals surface area contributed by atoms with Gasteiger partial charge in [0.2, 0.25) is 41.4 Å². The Hall–Kier alpha value is -5.71. The van der Waals surface area contributed by atoms with E-state index < -0.39 is 78.8 Å². The summed E-state index contributed by atoms with van der Waals surface area (Å²) in [7, 11) is 5.80. The molecule has 0 fully saturated rings. The van der Waals surface area contributed by atoms with Gasteiger partial charge in [-0.15, -0.1) is 0 Å². The van der Waals surface area contributed by atoms with E-state index in [-0.39, 0.29) is 46.9 Å². The van der Waals surface area contributed by atoms with Gasteiger partial charge in [-0.2, -0.15) is 0 Å². The first-order chi connectivity index (χ1) is 30.9. The van der Waals surface area contributed by atoms with Crippen molar-refractivity contribution in [2.75, 3.05) is 41.3 Å². The van der Waals surface area contributed by atoms with Gasteiger partial charge in [0, 0.05) is 52.2 Å². The SMILES string of the molecule is CCCCCCCCCCCCCCCC(=O)N(C)C(CO)C(=O)NC(C)C(=O)NCC(=O)N(C)C1C(=O)NC(C)C(=O)NC(C(=O)N(C)C)Cc2ccc(O)c(c2)-c2cc1ccc2O. The number of amides is 7. The highest BCUT2D eigenvalue weighted by Gasteiger charge is 2.34. The summed E-state index contributed by atoms with van der Waals surface area (Å²) in [4.78, 5) is 97.1. The van der Waals surface area contributed by atoms with Crippen LogP contribution in [0.15, 0.2) is 36.4 Å². The van der Waals surface area contributed by atoms with E-state index in [2.05, 4.69) is 28.2 Å². The number of benzene rings is 2. The molecule has 4 bridgehead atoms. The van der Waals surface area contributed by atoms with E-state index in [1.54, 1.807) is 12.1 Å². The third-order valence-corrected chi connectivity index (χ3v) is 12.0. The molecule has 1 aliphatic rings. The number of nitrogens with zero attached hydrogens (tertiary/aromatic N) is 3. The minimum absolute atomic E-state index is 0.0311. The topological polar surface area (TPSA) is 238 Å². The molecule has 3 rings (SSSR count). The highest BCUT2D eigenvalue weighted by molar-refractivity contribution is 5.96. The third kappa shape index (κ3) is 16.3. The van der Waals surface area contributed by atoms with Gasteiger partial charge in [0.25, 0.3) is 0 Å². The lowest BCUT2D eigenvalue weighted by atomic mass is 9.93. The lowest BCUT2D eigenvalue weighted by Gasteiger charge is -2.30. The van der Waals surface area contributed by atoms with E-state index in [0.717, 1.165) is 24.2 Å². The van der Waals surface area contributed by atoms with Crippen LogP contribution in [0.1, 0.15) is 128 Å². The number of aliphatic hydroxyl groups is 1. The highest BCUT2D eigenvalue weighted by atomic mass is 16.3. The van der Waals surface area contributed by atoms with Crippen LogP contribution in [0.4, 0.5) is 0 Å². The van der Waals surface area contributed by atoms with Crippen LogP contribution < -0.4 is 21.3 Å². The molecule has 1 aliphatic heterocycles. The third-order valence-electron chi connectivity index (χ3n) is 12.0. The molecule has 7 N–H and O–H groups in total. The predicted octanol–water partition coefficient (Wildman–Crippen LogP) is 3.82. The summed E-state index contributed by atoms with van der Waals surface area (Å²) < 4.78 is 0. The molecule has 65 heavy (non-hydrogen) atoms. The number of aliphatic hydroxyl groups excluding tert-OH is 1. The zero-order chi connectivity index (χ0) is 48.2. The summed E-state index contributed by atoms with van der Waals surface area (Å²) in [6, 6.07) is 2.56. The van der Waals surface area contributed by atoms with Crippen molar-refractivity contribution in [3.63, 3.8) is 0 Å². The molecular formula is C48H73N7O10. The molecule has 5 unspecified atom stereocenters. The van der Waals surface area contributed by atoms with E-state index in [9.17, 15) is 48.9 Å². The fourth-order valence-electron chi connectivity index (χ4n) is 7.80. The number of phenols is 2. The van der Waals surface area contributed by atoms with Crippen LogP contribution in [0.5, 0.6) is 11.5 Å². The Kier molecular flexibility index (Phi) is 22.2. The standard InChI is InChI=1S/C48H73N7O10/c1-8-9-10-11-12-13-14-15-16-17-18-19-20-21-41(59)54(6)38(30-56)46(63)50-31(2)44(61)49-29-42(60)55(7)43-34-23-25-40(58)36(28-34)35-26-33(22-24-39(35)57)27-37(48(65)53(4)5)52-45(62)32(3)51-47(43)64/h22-26,28,31-32,37-38,43,56-58H,8-21,27,29-30H2,1-7H3,(H,49,61)(H,50,63)(H,51,64)(H,52,62). The maximum Gasteiger partial charge on any atom is 0.248 e. The van der Waals surface area contributed by atoms with Crippen LogP contribution in [0, 0.1) is 0 Å². The molecule has 0 saturated heterocycles. The smallest absolute Gasteiger partial charge is 0.248 e. The Morgan fingerprint density at radius 2 is 1.29 bits per heavy atom. The van der Waals surface area contributed by atoms with Crippen LogP contribution in [-0.4, -0.2) is 137 Å². The average Bonchev–Trinajstić information content (AvgIpc) is 3.27. The Balaban J connectivity index is 1.63. The summed E-state index contributed by atoms with van der Waals surface area (Å²) >= 11 is 0. The summed E-state index contributed by atoms with van der Waals surface area (Å²) in [5, 5.41) is 42.2. The molecule has 360 valence electrons. The number of rotatable bonds is 23. The molecule has 17 nitrogen and oxygen atoms in total. The Morgan fingerprint density at radius 1 is 0.738 bits per heavy atom. The fourth-order valence-corrected chi connectivity index (χ4v) is 7.80. The van der Waals surface area contributed by atoms with Gasteiger partial charge >= 0.3 is 0 Å². The molecule has 0 radical (unpaired) electrons. The van der Waals surface area contributed by atoms with E-state index in [0.29, 0.717) is 12.0 Å². The number of aromatic hydroxyl groups is 2. The molecule has 1 heterocycles. The normalized spacial score (nSPS) is 17.1. The van der Waals surface area contributed by atoms with Crippen molar-refractivity contribution >= 4 is 41.4 Å². The number of unbranched alkanes of at least 4 members (excludes halogenated alkanes) is 12. The zero-order valence-corrected chi connectivity index (χ0v) is 39.4. The summed E-state index contributed by atoms with van der Waals surface area (Å²) in [5.74, 6) is -4.95. The van der Waals surface area contributed by atoms with Gasteiger partial charge in [-0.1, -0.05) is 96.1 Å². The molecular weight excluding hydrogens is 835 g/mol. The zero-order valence-electron chi connectivity index (χ0n) is 39.4. The predicted molar refractivity (Wildman–Crippen MR) is 247 cm³/mol. The van der Waals surface area contributed by atoms with Gasteiger partial charge in [-0.05, 0) is 55.7 Å². The molecule has 7 amide bonds. The molecule has 0 saturated carbocycles. The van der Waals surface area contributed by atoms with Crippen molar-refractivity contribution in [2.45, 2.75) is 147 Å². The largest absolute Gasteiger partial charge is 0.507 e. The van der Waals surface area contributed by atoms with Gasteiger partial charge in [0.05, 0.1) is 13.2 Å². The lowest BCUT2D eigenvalue weighted by Crippen LogP contribution is -2.56. The summed E-state index contributed by atoms with van der Waals surface area (Å²) in [5.41, 5.74) is 1.03. The minimum Gasteiger partial charge on any atom is -0.507 e. The highest BCUT2D eigenvalue weighted by Crippen LogP contribution is 2.38. The Morgan fingerprint density at radius 3 is 1.86 bits per heavy atom. The van der Waals surface area contributed by atoms with Gasteiger partial charge in [0.15, 0.2) is 0 Å². The number of carbonyl (C=O) groups excluding carboxylic acids is 7. The van der Waals surface area contributed by atoms with Gasteiger partial charge in [-0.25, -0.2) is 0 Å². The van der Waals surface area contributed by atoms with Gasteiger partial charge in [-0.3, -0.25) is 33.6 Å². The lowest BCUT2D eigenvalue weighted by molar-refractivity contribution is -0.142. The van der Waals surface area contributed by atoms with Crippen LogP contribution in [0.3, 0.4) is 0 Å². The Labute approximate surface area is 384 Å². The molecule has 0 aromatic heterocycles. The van der Waals surface area contributed by atoms with Crippen molar-refractivity contribution in [3.8, 4) is 22.6 Å². The van der Waals surface area contributed by atoms with Crippen LogP contribution in [-0.2, 0) is 40.0 Å². The van der Waals surface area contributed by atoms with Crippen molar-refractivity contribution in [1.29, 1.82) is 0 Å². The van der Waals surface area contributed by atoms with Crippen LogP contribution in [0.2, 0.25) is 0 Å². The van der Waals surface area contributed by atoms with Crippen molar-refractivity contribution in [3.05, 3.63) is 47.5 Å². The summed E-state index contributed by atoms with van der Waals surface area (Å²) in [6.45, 7) is 3.72. The van der Waals surface area contributed by atoms with E-state index in [1.807, 2.05) is 0 Å². The number of likely N-dealkylation sites (N-methyl/N-ethyl adjacent to an activating group) is 3. The number of carbonyl (C=O) groups is 7. The first kappa shape index (κ1) is 53.6. The molecule has 0 spiro atoms. The van der Waals surface area contributed by atoms with Crippen molar-refractivity contribution in [1.82, 2.24) is 36.0 Å². The molecule has 17 heteroatoms. The number of phenolic OH excluding ortho intramolecular Hbond substituents is 2. The van der Waals surface area contributed by atoms with Gasteiger partial charge < -0.3 is 51.3 Å². The first-order valence-electron chi connectivity index (χ1n) is 23.1. The molecule has 2 aromatic carbocycles.